The van der Waals surface area contributed by atoms with Gasteiger partial charge in [-0.25, -0.2) is 4.98 Å². The predicted molar refractivity (Wildman–Crippen MR) is 77.3 cm³/mol. The first-order valence-electron chi connectivity index (χ1n) is 6.52. The Labute approximate surface area is 114 Å². The molecule has 4 nitrogen and oxygen atoms in total. The van der Waals surface area contributed by atoms with Gasteiger partial charge < -0.3 is 15.0 Å². The van der Waals surface area contributed by atoms with Crippen LogP contribution < -0.4 is 10.1 Å². The third-order valence-corrected chi connectivity index (χ3v) is 2.95. The van der Waals surface area contributed by atoms with Gasteiger partial charge in [0.1, 0.15) is 11.6 Å². The van der Waals surface area contributed by atoms with Crippen LogP contribution in [0.1, 0.15) is 25.2 Å². The maximum atomic E-state index is 5.40. The zero-order valence-corrected chi connectivity index (χ0v) is 11.9. The first-order valence-corrected chi connectivity index (χ1v) is 6.52. The molecule has 0 unspecified atom stereocenters. The van der Waals surface area contributed by atoms with E-state index in [-0.39, 0.29) is 0 Å². The molecular weight excluding hydrogens is 238 g/mol. The average Bonchev–Trinajstić information content (AvgIpc) is 2.85. The minimum Gasteiger partial charge on any atom is -0.496 e. The van der Waals surface area contributed by atoms with Gasteiger partial charge in [-0.3, -0.25) is 0 Å². The Morgan fingerprint density at radius 1 is 1.37 bits per heavy atom. The van der Waals surface area contributed by atoms with Crippen molar-refractivity contribution < 1.29 is 4.74 Å². The lowest BCUT2D eigenvalue weighted by molar-refractivity contribution is 0.416. The SMILES string of the molecule is COc1ccc(C)cc1-c1cnc(CNC(C)C)[nH]1. The molecule has 0 aliphatic heterocycles. The van der Waals surface area contributed by atoms with Gasteiger partial charge >= 0.3 is 0 Å². The highest BCUT2D eigenvalue weighted by Crippen LogP contribution is 2.29. The van der Waals surface area contributed by atoms with E-state index in [0.29, 0.717) is 6.04 Å². The second-order valence-electron chi connectivity index (χ2n) is 4.98. The summed E-state index contributed by atoms with van der Waals surface area (Å²) in [5.41, 5.74) is 3.24. The molecule has 0 spiro atoms. The van der Waals surface area contributed by atoms with E-state index in [4.69, 9.17) is 4.74 Å². The Morgan fingerprint density at radius 3 is 2.84 bits per heavy atom. The van der Waals surface area contributed by atoms with Gasteiger partial charge in [0, 0.05) is 11.6 Å². The van der Waals surface area contributed by atoms with Crippen LogP contribution in [0, 0.1) is 6.92 Å². The third kappa shape index (κ3) is 3.35. The molecule has 0 saturated heterocycles. The van der Waals surface area contributed by atoms with Crippen LogP contribution in [0.2, 0.25) is 0 Å². The number of aromatic amines is 1. The van der Waals surface area contributed by atoms with Crippen LogP contribution in [0.3, 0.4) is 0 Å². The normalized spacial score (nSPS) is 11.0. The van der Waals surface area contributed by atoms with Crippen LogP contribution in [0.25, 0.3) is 11.3 Å². The van der Waals surface area contributed by atoms with Gasteiger partial charge in [0.25, 0.3) is 0 Å². The van der Waals surface area contributed by atoms with Crippen molar-refractivity contribution in [2.24, 2.45) is 0 Å². The summed E-state index contributed by atoms with van der Waals surface area (Å²) in [4.78, 5) is 7.73. The number of aromatic nitrogens is 2. The largest absolute Gasteiger partial charge is 0.496 e. The van der Waals surface area contributed by atoms with Crippen LogP contribution in [-0.2, 0) is 6.54 Å². The molecule has 19 heavy (non-hydrogen) atoms. The number of nitrogens with zero attached hydrogens (tertiary/aromatic N) is 1. The van der Waals surface area contributed by atoms with Gasteiger partial charge in [0.15, 0.2) is 0 Å². The van der Waals surface area contributed by atoms with Crippen molar-refractivity contribution in [1.29, 1.82) is 0 Å². The molecule has 0 aliphatic carbocycles. The molecule has 2 rings (SSSR count). The van der Waals surface area contributed by atoms with Crippen molar-refractivity contribution >= 4 is 0 Å². The molecule has 1 aromatic carbocycles. The van der Waals surface area contributed by atoms with Gasteiger partial charge in [0.2, 0.25) is 0 Å². The first-order chi connectivity index (χ1) is 9.10. The lowest BCUT2D eigenvalue weighted by atomic mass is 10.1. The number of ether oxygens (including phenoxy) is 1. The number of hydrogen-bond donors (Lipinski definition) is 2. The minimum absolute atomic E-state index is 0.446. The monoisotopic (exact) mass is 259 g/mol. The summed E-state index contributed by atoms with van der Waals surface area (Å²) in [6.45, 7) is 7.05. The van der Waals surface area contributed by atoms with Gasteiger partial charge in [-0.1, -0.05) is 25.5 Å². The molecule has 0 radical (unpaired) electrons. The average molecular weight is 259 g/mol. The number of H-pyrrole nitrogens is 1. The molecule has 0 saturated carbocycles. The number of nitrogens with one attached hydrogen (secondary N) is 2. The Morgan fingerprint density at radius 2 is 2.16 bits per heavy atom. The second kappa shape index (κ2) is 5.89. The highest BCUT2D eigenvalue weighted by molar-refractivity contribution is 5.67. The summed E-state index contributed by atoms with van der Waals surface area (Å²) in [7, 11) is 1.69. The zero-order chi connectivity index (χ0) is 13.8. The number of methoxy groups -OCH3 is 1. The smallest absolute Gasteiger partial charge is 0.128 e. The van der Waals surface area contributed by atoms with E-state index in [1.165, 1.54) is 5.56 Å². The molecule has 0 amide bonds. The molecule has 4 heteroatoms. The first kappa shape index (κ1) is 13.6. The third-order valence-electron chi connectivity index (χ3n) is 2.95. The molecule has 0 bridgehead atoms. The van der Waals surface area contributed by atoms with E-state index in [0.717, 1.165) is 29.4 Å². The van der Waals surface area contributed by atoms with E-state index >= 15 is 0 Å². The maximum absolute atomic E-state index is 5.40. The fourth-order valence-electron chi connectivity index (χ4n) is 1.92. The number of benzene rings is 1. The van der Waals surface area contributed by atoms with Crippen molar-refractivity contribution in [3.63, 3.8) is 0 Å². The minimum atomic E-state index is 0.446. The van der Waals surface area contributed by atoms with Gasteiger partial charge in [-0.15, -0.1) is 0 Å². The van der Waals surface area contributed by atoms with Crippen LogP contribution in [-0.4, -0.2) is 23.1 Å². The van der Waals surface area contributed by atoms with Crippen LogP contribution >= 0.6 is 0 Å². The number of rotatable bonds is 5. The molecular formula is C15H21N3O. The fraction of sp³-hybridized carbons (Fsp3) is 0.400. The highest BCUT2D eigenvalue weighted by Gasteiger charge is 2.09. The molecule has 0 atom stereocenters. The molecule has 0 aliphatic rings. The zero-order valence-electron chi connectivity index (χ0n) is 11.9. The number of aryl methyl sites for hydroxylation is 1. The van der Waals surface area contributed by atoms with E-state index in [2.05, 4.69) is 42.1 Å². The quantitative estimate of drug-likeness (QED) is 0.868. The van der Waals surface area contributed by atoms with E-state index < -0.39 is 0 Å². The molecule has 1 aromatic heterocycles. The predicted octanol–water partition coefficient (Wildman–Crippen LogP) is 2.89. The maximum Gasteiger partial charge on any atom is 0.128 e. The molecule has 1 heterocycles. The standard InChI is InChI=1S/C15H21N3O/c1-10(2)16-9-15-17-8-13(18-15)12-7-11(3)5-6-14(12)19-4/h5-8,10,16H,9H2,1-4H3,(H,17,18). The highest BCUT2D eigenvalue weighted by atomic mass is 16.5. The Kier molecular flexibility index (Phi) is 4.22. The topological polar surface area (TPSA) is 49.9 Å². The fourth-order valence-corrected chi connectivity index (χ4v) is 1.92. The van der Waals surface area contributed by atoms with E-state index in [1.54, 1.807) is 7.11 Å². The van der Waals surface area contributed by atoms with Gasteiger partial charge in [-0.2, -0.15) is 0 Å². The van der Waals surface area contributed by atoms with Crippen molar-refractivity contribution in [2.45, 2.75) is 33.4 Å². The molecule has 2 N–H and O–H groups in total. The van der Waals surface area contributed by atoms with Crippen LogP contribution in [0.5, 0.6) is 5.75 Å². The van der Waals surface area contributed by atoms with Crippen molar-refractivity contribution in [1.82, 2.24) is 15.3 Å². The van der Waals surface area contributed by atoms with Crippen LogP contribution in [0.4, 0.5) is 0 Å². The summed E-state index contributed by atoms with van der Waals surface area (Å²) in [5, 5.41) is 3.34. The summed E-state index contributed by atoms with van der Waals surface area (Å²) in [6.07, 6.45) is 1.86. The second-order valence-corrected chi connectivity index (χ2v) is 4.98. The molecule has 2 aromatic rings. The van der Waals surface area contributed by atoms with Gasteiger partial charge in [-0.05, 0) is 19.1 Å². The Hall–Kier alpha value is -1.81. The molecule has 0 fully saturated rings. The summed E-state index contributed by atoms with van der Waals surface area (Å²) < 4.78 is 5.40. The van der Waals surface area contributed by atoms with Crippen molar-refractivity contribution in [2.75, 3.05) is 7.11 Å². The summed E-state index contributed by atoms with van der Waals surface area (Å²) in [5.74, 6) is 1.80. The lowest BCUT2D eigenvalue weighted by Gasteiger charge is -2.08. The summed E-state index contributed by atoms with van der Waals surface area (Å²) in [6, 6.07) is 6.57. The van der Waals surface area contributed by atoms with E-state index in [1.807, 2.05) is 18.3 Å². The van der Waals surface area contributed by atoms with Crippen molar-refractivity contribution in [3.05, 3.63) is 35.8 Å². The summed E-state index contributed by atoms with van der Waals surface area (Å²) >= 11 is 0. The van der Waals surface area contributed by atoms with Crippen LogP contribution in [0.15, 0.2) is 24.4 Å². The number of imidazole rings is 1. The Balaban J connectivity index is 2.24. The lowest BCUT2D eigenvalue weighted by Crippen LogP contribution is -2.22. The van der Waals surface area contributed by atoms with Crippen molar-refractivity contribution in [3.8, 4) is 17.0 Å². The van der Waals surface area contributed by atoms with Gasteiger partial charge in [0.05, 0.1) is 25.5 Å². The van der Waals surface area contributed by atoms with E-state index in [9.17, 15) is 0 Å². The number of hydrogen-bond acceptors (Lipinski definition) is 3. The molecule has 102 valence electrons. The Bertz CT molecular complexity index is 546.